The summed E-state index contributed by atoms with van der Waals surface area (Å²) in [5.74, 6) is 2.08. The molecule has 1 aliphatic carbocycles. The Bertz CT molecular complexity index is 549. The van der Waals surface area contributed by atoms with Crippen LogP contribution in [0, 0.1) is 0 Å². The highest BCUT2D eigenvalue weighted by atomic mass is 16.6. The van der Waals surface area contributed by atoms with E-state index in [0.717, 1.165) is 24.6 Å². The van der Waals surface area contributed by atoms with Crippen molar-refractivity contribution in [3.05, 3.63) is 11.7 Å². The Morgan fingerprint density at radius 2 is 1.95 bits per heavy atom. The molecular weight excluding hydrogens is 282 g/mol. The highest BCUT2D eigenvalue weighted by molar-refractivity contribution is 5.68. The lowest BCUT2D eigenvalue weighted by Crippen LogP contribution is -2.45. The minimum atomic E-state index is -0.455. The van der Waals surface area contributed by atoms with Crippen LogP contribution < -0.4 is 0 Å². The van der Waals surface area contributed by atoms with Crippen LogP contribution in [-0.4, -0.2) is 39.8 Å². The quantitative estimate of drug-likeness (QED) is 0.839. The Hall–Kier alpha value is -1.59. The molecule has 1 aromatic rings. The molecule has 0 atom stereocenters. The van der Waals surface area contributed by atoms with E-state index in [4.69, 9.17) is 9.26 Å². The zero-order valence-corrected chi connectivity index (χ0v) is 13.9. The molecule has 22 heavy (non-hydrogen) atoms. The lowest BCUT2D eigenvalue weighted by molar-refractivity contribution is 0.0156. The first kappa shape index (κ1) is 15.3. The van der Waals surface area contributed by atoms with Gasteiger partial charge in [0.25, 0.3) is 0 Å². The van der Waals surface area contributed by atoms with Gasteiger partial charge in [-0.3, -0.25) is 0 Å². The van der Waals surface area contributed by atoms with Crippen molar-refractivity contribution < 1.29 is 14.1 Å². The molecule has 0 N–H and O–H groups in total. The minimum Gasteiger partial charge on any atom is -0.444 e. The van der Waals surface area contributed by atoms with Gasteiger partial charge in [-0.25, -0.2) is 4.79 Å². The van der Waals surface area contributed by atoms with Gasteiger partial charge < -0.3 is 14.2 Å². The summed E-state index contributed by atoms with van der Waals surface area (Å²) in [5, 5.41) is 4.11. The van der Waals surface area contributed by atoms with E-state index in [0.29, 0.717) is 19.0 Å². The lowest BCUT2D eigenvalue weighted by atomic mass is 9.80. The number of carbonyl (C=O) groups excluding carboxylic acids is 1. The van der Waals surface area contributed by atoms with E-state index in [2.05, 4.69) is 17.1 Å². The molecule has 0 radical (unpaired) electrons. The van der Waals surface area contributed by atoms with Crippen LogP contribution in [0.1, 0.15) is 71.0 Å². The van der Waals surface area contributed by atoms with Crippen molar-refractivity contribution in [3.8, 4) is 0 Å². The van der Waals surface area contributed by atoms with E-state index in [1.807, 2.05) is 20.8 Å². The molecule has 2 heterocycles. The van der Waals surface area contributed by atoms with Crippen LogP contribution in [-0.2, 0) is 10.2 Å². The molecule has 122 valence electrons. The topological polar surface area (TPSA) is 68.5 Å². The minimum absolute atomic E-state index is 0.140. The first-order chi connectivity index (χ1) is 10.3. The fourth-order valence-electron chi connectivity index (χ4n) is 2.71. The first-order valence-electron chi connectivity index (χ1n) is 8.09. The Kier molecular flexibility index (Phi) is 3.65. The molecule has 3 rings (SSSR count). The van der Waals surface area contributed by atoms with Gasteiger partial charge in [0.05, 0.1) is 5.41 Å². The first-order valence-corrected chi connectivity index (χ1v) is 8.09. The summed E-state index contributed by atoms with van der Waals surface area (Å²) < 4.78 is 10.9. The average molecular weight is 307 g/mol. The second kappa shape index (κ2) is 5.25. The number of carbonyl (C=O) groups is 1. The summed E-state index contributed by atoms with van der Waals surface area (Å²) in [6, 6.07) is 0. The van der Waals surface area contributed by atoms with Gasteiger partial charge in [-0.15, -0.1) is 0 Å². The molecule has 1 saturated heterocycles. The second-order valence-electron chi connectivity index (χ2n) is 7.76. The van der Waals surface area contributed by atoms with Gasteiger partial charge in [0, 0.05) is 19.0 Å². The molecule has 1 aliphatic heterocycles. The van der Waals surface area contributed by atoms with Crippen molar-refractivity contribution in [1.82, 2.24) is 15.0 Å². The molecular formula is C16H25N3O3. The Morgan fingerprint density at radius 3 is 2.50 bits per heavy atom. The van der Waals surface area contributed by atoms with Gasteiger partial charge in [0.2, 0.25) is 5.89 Å². The van der Waals surface area contributed by atoms with Crippen LogP contribution in [0.25, 0.3) is 0 Å². The number of likely N-dealkylation sites (tertiary alicyclic amines) is 1. The van der Waals surface area contributed by atoms with Crippen molar-refractivity contribution >= 4 is 6.09 Å². The number of nitrogens with zero attached hydrogens (tertiary/aromatic N) is 3. The van der Waals surface area contributed by atoms with E-state index in [-0.39, 0.29) is 11.5 Å². The van der Waals surface area contributed by atoms with Crippen molar-refractivity contribution in [2.75, 3.05) is 13.1 Å². The van der Waals surface area contributed by atoms with Crippen LogP contribution in [0.5, 0.6) is 0 Å². The highest BCUT2D eigenvalue weighted by Crippen LogP contribution is 2.40. The van der Waals surface area contributed by atoms with Gasteiger partial charge in [0.1, 0.15) is 5.60 Å². The predicted molar refractivity (Wildman–Crippen MR) is 80.7 cm³/mol. The number of hydrogen-bond donors (Lipinski definition) is 0. The average Bonchev–Trinajstić information content (AvgIpc) is 3.14. The number of rotatable bonds is 2. The maximum Gasteiger partial charge on any atom is 0.410 e. The van der Waals surface area contributed by atoms with E-state index < -0.39 is 5.60 Å². The number of hydrogen-bond acceptors (Lipinski definition) is 5. The monoisotopic (exact) mass is 307 g/mol. The van der Waals surface area contributed by atoms with Crippen molar-refractivity contribution in [2.24, 2.45) is 0 Å². The molecule has 0 spiro atoms. The van der Waals surface area contributed by atoms with Crippen molar-refractivity contribution in [1.29, 1.82) is 0 Å². The largest absolute Gasteiger partial charge is 0.444 e. The van der Waals surface area contributed by atoms with Crippen molar-refractivity contribution in [2.45, 2.75) is 70.3 Å². The fourth-order valence-corrected chi connectivity index (χ4v) is 2.71. The highest BCUT2D eigenvalue weighted by Gasteiger charge is 2.40. The predicted octanol–water partition coefficient (Wildman–Crippen LogP) is 3.24. The third-order valence-corrected chi connectivity index (χ3v) is 4.42. The van der Waals surface area contributed by atoms with E-state index in [1.54, 1.807) is 4.90 Å². The summed E-state index contributed by atoms with van der Waals surface area (Å²) >= 11 is 0. The van der Waals surface area contributed by atoms with Gasteiger partial charge in [-0.2, -0.15) is 4.98 Å². The second-order valence-corrected chi connectivity index (χ2v) is 7.76. The summed E-state index contributed by atoms with van der Waals surface area (Å²) in [4.78, 5) is 18.5. The molecule has 2 fully saturated rings. The summed E-state index contributed by atoms with van der Waals surface area (Å²) in [7, 11) is 0. The standard InChI is InChI=1S/C16H25N3O3/c1-15(2,3)21-14(20)19-9-7-16(4,8-10-19)13-17-12(18-22-13)11-5-6-11/h11H,5-10H2,1-4H3. The van der Waals surface area contributed by atoms with Gasteiger partial charge in [0.15, 0.2) is 5.82 Å². The third kappa shape index (κ3) is 3.25. The van der Waals surface area contributed by atoms with E-state index in [9.17, 15) is 4.79 Å². The number of ether oxygens (including phenoxy) is 1. The van der Waals surface area contributed by atoms with Gasteiger partial charge >= 0.3 is 6.09 Å². The van der Waals surface area contributed by atoms with E-state index >= 15 is 0 Å². The Labute approximate surface area is 131 Å². The summed E-state index contributed by atoms with van der Waals surface area (Å²) in [6.07, 6.45) is 3.74. The van der Waals surface area contributed by atoms with Crippen LogP contribution in [0.2, 0.25) is 0 Å². The molecule has 6 nitrogen and oxygen atoms in total. The summed E-state index contributed by atoms with van der Waals surface area (Å²) in [6.45, 7) is 9.12. The maximum absolute atomic E-state index is 12.1. The van der Waals surface area contributed by atoms with Crippen LogP contribution in [0.3, 0.4) is 0 Å². The Balaban J connectivity index is 1.61. The molecule has 1 amide bonds. The van der Waals surface area contributed by atoms with E-state index in [1.165, 1.54) is 12.8 Å². The third-order valence-electron chi connectivity index (χ3n) is 4.42. The normalized spacial score (nSPS) is 21.7. The number of amides is 1. The molecule has 0 unspecified atom stereocenters. The van der Waals surface area contributed by atoms with Crippen LogP contribution in [0.15, 0.2) is 4.52 Å². The van der Waals surface area contributed by atoms with Crippen molar-refractivity contribution in [3.63, 3.8) is 0 Å². The Morgan fingerprint density at radius 1 is 1.32 bits per heavy atom. The molecule has 1 saturated carbocycles. The zero-order chi connectivity index (χ0) is 16.0. The lowest BCUT2D eigenvalue weighted by Gasteiger charge is -2.37. The van der Waals surface area contributed by atoms with Gasteiger partial charge in [-0.05, 0) is 46.5 Å². The molecule has 2 aliphatic rings. The smallest absolute Gasteiger partial charge is 0.410 e. The summed E-state index contributed by atoms with van der Waals surface area (Å²) in [5.41, 5.74) is -0.595. The number of aromatic nitrogens is 2. The zero-order valence-electron chi connectivity index (χ0n) is 13.9. The van der Waals surface area contributed by atoms with Crippen LogP contribution in [0.4, 0.5) is 4.79 Å². The SMILES string of the molecule is CC(C)(C)OC(=O)N1CCC(C)(c2nc(C3CC3)no2)CC1. The van der Waals surface area contributed by atoms with Gasteiger partial charge in [-0.1, -0.05) is 12.1 Å². The fraction of sp³-hybridized carbons (Fsp3) is 0.812. The molecule has 1 aromatic heterocycles. The molecule has 0 aromatic carbocycles. The number of piperidine rings is 1. The molecule has 0 bridgehead atoms. The van der Waals surface area contributed by atoms with Crippen LogP contribution >= 0.6 is 0 Å². The molecule has 6 heteroatoms. The maximum atomic E-state index is 12.1.